The van der Waals surface area contributed by atoms with Crippen LogP contribution in [0.1, 0.15) is 29.6 Å². The molecule has 0 aliphatic carbocycles. The highest BCUT2D eigenvalue weighted by Gasteiger charge is 2.21. The van der Waals surface area contributed by atoms with Crippen LogP contribution in [-0.2, 0) is 14.1 Å². The van der Waals surface area contributed by atoms with E-state index in [1.54, 1.807) is 41.4 Å². The van der Waals surface area contributed by atoms with Crippen LogP contribution >= 0.6 is 0 Å². The Hall–Kier alpha value is -3.42. The number of piperidine rings is 1. The van der Waals surface area contributed by atoms with Crippen molar-refractivity contribution >= 4 is 28.3 Å². The first-order valence-electron chi connectivity index (χ1n) is 10.2. The van der Waals surface area contributed by atoms with Crippen molar-refractivity contribution < 1.29 is 14.3 Å². The lowest BCUT2D eigenvalue weighted by Crippen LogP contribution is -2.30. The quantitative estimate of drug-likeness (QED) is 0.721. The minimum atomic E-state index is -0.230. The highest BCUT2D eigenvalue weighted by atomic mass is 16.7. The van der Waals surface area contributed by atoms with E-state index in [1.807, 2.05) is 12.1 Å². The number of amides is 1. The van der Waals surface area contributed by atoms with E-state index in [4.69, 9.17) is 9.47 Å². The number of hydrogen-bond acceptors (Lipinski definition) is 5. The molecule has 0 spiro atoms. The second kappa shape index (κ2) is 7.12. The Kier molecular flexibility index (Phi) is 4.42. The summed E-state index contributed by atoms with van der Waals surface area (Å²) < 4.78 is 14.0. The number of carbonyl (C=O) groups is 1. The van der Waals surface area contributed by atoms with Crippen molar-refractivity contribution in [2.45, 2.75) is 19.3 Å². The van der Waals surface area contributed by atoms with Gasteiger partial charge in [-0.1, -0.05) is 0 Å². The molecule has 2 aromatic carbocycles. The number of fused-ring (bicyclic) bond motifs is 2. The smallest absolute Gasteiger partial charge is 0.328 e. The molecule has 3 heterocycles. The van der Waals surface area contributed by atoms with Crippen LogP contribution in [0, 0.1) is 0 Å². The van der Waals surface area contributed by atoms with Gasteiger partial charge in [-0.15, -0.1) is 0 Å². The van der Waals surface area contributed by atoms with Crippen LogP contribution in [0.15, 0.2) is 35.1 Å². The van der Waals surface area contributed by atoms with Gasteiger partial charge in [0.15, 0.2) is 11.5 Å². The van der Waals surface area contributed by atoms with Gasteiger partial charge >= 0.3 is 5.69 Å². The van der Waals surface area contributed by atoms with Crippen LogP contribution in [-0.4, -0.2) is 34.9 Å². The topological polar surface area (TPSA) is 77.7 Å². The summed E-state index contributed by atoms with van der Waals surface area (Å²) >= 11 is 0. The third kappa shape index (κ3) is 2.99. The maximum absolute atomic E-state index is 13.0. The second-order valence-electron chi connectivity index (χ2n) is 7.83. The number of aryl methyl sites for hydroxylation is 2. The molecule has 1 saturated heterocycles. The van der Waals surface area contributed by atoms with Gasteiger partial charge in [-0.2, -0.15) is 0 Å². The fraction of sp³-hybridized carbons (Fsp3) is 0.364. The van der Waals surface area contributed by atoms with Crippen molar-refractivity contribution in [1.29, 1.82) is 0 Å². The normalized spacial score (nSPS) is 15.6. The van der Waals surface area contributed by atoms with E-state index in [9.17, 15) is 9.59 Å². The number of imidazole rings is 1. The summed E-state index contributed by atoms with van der Waals surface area (Å²) in [5.74, 6) is 0.980. The molecule has 0 saturated carbocycles. The lowest BCUT2D eigenvalue weighted by Gasteiger charge is -2.30. The highest BCUT2D eigenvalue weighted by molar-refractivity contribution is 6.07. The van der Waals surface area contributed by atoms with Gasteiger partial charge < -0.3 is 19.7 Å². The summed E-state index contributed by atoms with van der Waals surface area (Å²) in [4.78, 5) is 27.8. The summed E-state index contributed by atoms with van der Waals surface area (Å²) in [5, 5.41) is 3.06. The fourth-order valence-corrected chi connectivity index (χ4v) is 4.26. The van der Waals surface area contributed by atoms with E-state index in [0.29, 0.717) is 22.7 Å². The molecule has 1 fully saturated rings. The van der Waals surface area contributed by atoms with Crippen LogP contribution < -0.4 is 25.4 Å². The fourth-order valence-electron chi connectivity index (χ4n) is 4.26. The number of anilines is 2. The summed E-state index contributed by atoms with van der Waals surface area (Å²) in [5.41, 5.74) is 3.68. The summed E-state index contributed by atoms with van der Waals surface area (Å²) in [6, 6.07) is 9.06. The molecule has 8 heteroatoms. The Bertz CT molecular complexity index is 1200. The monoisotopic (exact) mass is 408 g/mol. The molecular formula is C22H24N4O4. The van der Waals surface area contributed by atoms with E-state index in [2.05, 4.69) is 10.2 Å². The zero-order valence-electron chi connectivity index (χ0n) is 17.1. The molecule has 3 aromatic rings. The van der Waals surface area contributed by atoms with Crippen molar-refractivity contribution in [3.05, 3.63) is 46.4 Å². The van der Waals surface area contributed by atoms with Gasteiger partial charge in [0.2, 0.25) is 6.79 Å². The van der Waals surface area contributed by atoms with E-state index in [0.717, 1.165) is 42.7 Å². The maximum Gasteiger partial charge on any atom is 0.328 e. The molecule has 2 aliphatic rings. The number of rotatable bonds is 3. The molecule has 0 radical (unpaired) electrons. The molecule has 8 nitrogen and oxygen atoms in total. The Labute approximate surface area is 173 Å². The number of benzene rings is 2. The lowest BCUT2D eigenvalue weighted by atomic mass is 10.1. The average molecular weight is 408 g/mol. The third-order valence-corrected chi connectivity index (χ3v) is 5.97. The minimum absolute atomic E-state index is 0.0890. The molecule has 30 heavy (non-hydrogen) atoms. The van der Waals surface area contributed by atoms with Crippen LogP contribution in [0.25, 0.3) is 11.0 Å². The molecule has 1 aromatic heterocycles. The highest BCUT2D eigenvalue weighted by Crippen LogP contribution is 2.35. The van der Waals surface area contributed by atoms with E-state index in [-0.39, 0.29) is 18.4 Å². The predicted molar refractivity (Wildman–Crippen MR) is 115 cm³/mol. The first-order valence-corrected chi connectivity index (χ1v) is 10.2. The zero-order valence-corrected chi connectivity index (χ0v) is 17.1. The van der Waals surface area contributed by atoms with E-state index in [1.165, 1.54) is 6.42 Å². The molecule has 0 bridgehead atoms. The molecule has 156 valence electrons. The third-order valence-electron chi connectivity index (χ3n) is 5.97. The SMILES string of the molecule is Cn1c(=O)n(C)c2cc(N3CCCCC3)c(NC(=O)c3ccc4c(c3)OCO4)cc21. The lowest BCUT2D eigenvalue weighted by molar-refractivity contribution is 0.102. The van der Waals surface area contributed by atoms with Crippen LogP contribution in [0.4, 0.5) is 11.4 Å². The zero-order chi connectivity index (χ0) is 20.8. The molecule has 0 atom stereocenters. The number of ether oxygens (including phenoxy) is 2. The largest absolute Gasteiger partial charge is 0.454 e. The molecular weight excluding hydrogens is 384 g/mol. The van der Waals surface area contributed by atoms with Gasteiger partial charge in [0.05, 0.1) is 22.4 Å². The number of aromatic nitrogens is 2. The van der Waals surface area contributed by atoms with Gasteiger partial charge in [-0.25, -0.2) is 4.79 Å². The maximum atomic E-state index is 13.0. The molecule has 5 rings (SSSR count). The number of hydrogen-bond donors (Lipinski definition) is 1. The molecule has 1 N–H and O–H groups in total. The Balaban J connectivity index is 1.56. The van der Waals surface area contributed by atoms with Gasteiger partial charge in [0.1, 0.15) is 0 Å². The van der Waals surface area contributed by atoms with Crippen molar-refractivity contribution in [2.24, 2.45) is 14.1 Å². The minimum Gasteiger partial charge on any atom is -0.454 e. The molecule has 2 aliphatic heterocycles. The number of nitrogens with zero attached hydrogens (tertiary/aromatic N) is 3. The first-order chi connectivity index (χ1) is 14.5. The van der Waals surface area contributed by atoms with Crippen molar-refractivity contribution in [2.75, 3.05) is 30.1 Å². The second-order valence-corrected chi connectivity index (χ2v) is 7.83. The van der Waals surface area contributed by atoms with E-state index >= 15 is 0 Å². The van der Waals surface area contributed by atoms with Crippen molar-refractivity contribution in [3.8, 4) is 11.5 Å². The molecule has 0 unspecified atom stereocenters. The van der Waals surface area contributed by atoms with Crippen LogP contribution in [0.3, 0.4) is 0 Å². The van der Waals surface area contributed by atoms with E-state index < -0.39 is 0 Å². The van der Waals surface area contributed by atoms with Gasteiger partial charge in [0, 0.05) is 32.7 Å². The summed E-state index contributed by atoms with van der Waals surface area (Å²) in [6.45, 7) is 2.02. The Morgan fingerprint density at radius 3 is 2.40 bits per heavy atom. The number of carbonyl (C=O) groups excluding carboxylic acids is 1. The number of nitrogens with one attached hydrogen (secondary N) is 1. The van der Waals surface area contributed by atoms with Crippen molar-refractivity contribution in [3.63, 3.8) is 0 Å². The summed E-state index contributed by atoms with van der Waals surface area (Å²) in [6.07, 6.45) is 3.43. The van der Waals surface area contributed by atoms with Crippen LogP contribution in [0.2, 0.25) is 0 Å². The van der Waals surface area contributed by atoms with Crippen LogP contribution in [0.5, 0.6) is 11.5 Å². The first kappa shape index (κ1) is 18.6. The van der Waals surface area contributed by atoms with Gasteiger partial charge in [0.25, 0.3) is 5.91 Å². The predicted octanol–water partition coefficient (Wildman–Crippen LogP) is 2.85. The molecule has 1 amide bonds. The average Bonchev–Trinajstić information content (AvgIpc) is 3.32. The Morgan fingerprint density at radius 2 is 1.63 bits per heavy atom. The summed E-state index contributed by atoms with van der Waals surface area (Å²) in [7, 11) is 3.52. The van der Waals surface area contributed by atoms with Gasteiger partial charge in [-0.3, -0.25) is 13.9 Å². The Morgan fingerprint density at radius 1 is 0.933 bits per heavy atom. The van der Waals surface area contributed by atoms with Crippen molar-refractivity contribution in [1.82, 2.24) is 9.13 Å². The van der Waals surface area contributed by atoms with Gasteiger partial charge in [-0.05, 0) is 49.6 Å². The standard InChI is InChI=1S/C22H24N4O4/c1-24-17-11-15(23-21(27)14-6-7-19-20(10-14)30-13-29-19)16(26-8-4-3-5-9-26)12-18(17)25(2)22(24)28/h6-7,10-12H,3-5,8-9,13H2,1-2H3,(H,23,27).